The van der Waals surface area contributed by atoms with E-state index in [1.807, 2.05) is 20.8 Å². The first-order valence-corrected chi connectivity index (χ1v) is 6.89. The number of nitro benzene ring substituents is 1. The van der Waals surface area contributed by atoms with Gasteiger partial charge in [0.1, 0.15) is 5.69 Å². The number of carbonyl (C=O) groups is 1. The number of nitro groups is 1. The smallest absolute Gasteiger partial charge is 0.333 e. The van der Waals surface area contributed by atoms with E-state index in [2.05, 4.69) is 10.6 Å². The van der Waals surface area contributed by atoms with Gasteiger partial charge in [-0.05, 0) is 32.4 Å². The molecule has 0 fully saturated rings. The van der Waals surface area contributed by atoms with E-state index >= 15 is 0 Å². The van der Waals surface area contributed by atoms with Gasteiger partial charge in [-0.15, -0.1) is 0 Å². The number of anilines is 1. The van der Waals surface area contributed by atoms with E-state index in [0.717, 1.165) is 6.42 Å². The molecule has 0 heterocycles. The number of hydrogen-bond acceptors (Lipinski definition) is 5. The van der Waals surface area contributed by atoms with Gasteiger partial charge in [0.2, 0.25) is 5.91 Å². The normalized spacial score (nSPS) is 10.3. The van der Waals surface area contributed by atoms with Gasteiger partial charge in [0.15, 0.2) is 5.75 Å². The molecule has 0 bridgehead atoms. The summed E-state index contributed by atoms with van der Waals surface area (Å²) < 4.78 is 5.38. The molecule has 7 nitrogen and oxygen atoms in total. The van der Waals surface area contributed by atoms with Crippen molar-refractivity contribution in [2.24, 2.45) is 0 Å². The Morgan fingerprint density at radius 3 is 2.71 bits per heavy atom. The summed E-state index contributed by atoms with van der Waals surface area (Å²) in [6.07, 6.45) is 0.756. The van der Waals surface area contributed by atoms with Crippen molar-refractivity contribution in [3.63, 3.8) is 0 Å². The molecule has 0 saturated carbocycles. The van der Waals surface area contributed by atoms with Gasteiger partial charge in [0.25, 0.3) is 0 Å². The molecule has 116 valence electrons. The largest absolute Gasteiger partial charge is 0.487 e. The van der Waals surface area contributed by atoms with Crippen LogP contribution in [0.15, 0.2) is 18.2 Å². The summed E-state index contributed by atoms with van der Waals surface area (Å²) in [5, 5.41) is 16.7. The maximum atomic E-state index is 11.6. The summed E-state index contributed by atoms with van der Waals surface area (Å²) in [7, 11) is 0. The summed E-state index contributed by atoms with van der Waals surface area (Å²) in [5.41, 5.74) is 0.121. The molecule has 0 aliphatic carbocycles. The van der Waals surface area contributed by atoms with Gasteiger partial charge in [0, 0.05) is 6.04 Å². The third-order valence-electron chi connectivity index (χ3n) is 2.53. The van der Waals surface area contributed by atoms with E-state index in [4.69, 9.17) is 4.74 Å². The lowest BCUT2D eigenvalue weighted by Crippen LogP contribution is -2.34. The Bertz CT molecular complexity index is 503. The number of hydrogen-bond donors (Lipinski definition) is 2. The molecule has 7 heteroatoms. The van der Waals surface area contributed by atoms with E-state index < -0.39 is 4.92 Å². The highest BCUT2D eigenvalue weighted by atomic mass is 16.6. The number of carbonyl (C=O) groups excluding carboxylic acids is 1. The van der Waals surface area contributed by atoms with Crippen LogP contribution in [-0.2, 0) is 4.79 Å². The van der Waals surface area contributed by atoms with Crippen LogP contribution in [0, 0.1) is 10.1 Å². The molecule has 21 heavy (non-hydrogen) atoms. The summed E-state index contributed by atoms with van der Waals surface area (Å²) in [6.45, 7) is 5.98. The molecule has 0 aliphatic rings. The molecule has 0 saturated heterocycles. The fraction of sp³-hybridized carbons (Fsp3) is 0.500. The van der Waals surface area contributed by atoms with E-state index in [0.29, 0.717) is 6.61 Å². The maximum absolute atomic E-state index is 11.6. The van der Waals surface area contributed by atoms with Crippen LogP contribution in [0.25, 0.3) is 0 Å². The fourth-order valence-electron chi connectivity index (χ4n) is 1.73. The highest BCUT2D eigenvalue weighted by Crippen LogP contribution is 2.34. The van der Waals surface area contributed by atoms with Crippen LogP contribution in [0.2, 0.25) is 0 Å². The van der Waals surface area contributed by atoms with Crippen LogP contribution in [0.5, 0.6) is 5.75 Å². The number of para-hydroxylation sites is 1. The summed E-state index contributed by atoms with van der Waals surface area (Å²) in [4.78, 5) is 22.3. The number of amides is 1. The predicted octanol–water partition coefficient (Wildman–Crippen LogP) is 2.32. The molecule has 1 rings (SSSR count). The lowest BCUT2D eigenvalue weighted by Gasteiger charge is -2.12. The monoisotopic (exact) mass is 295 g/mol. The van der Waals surface area contributed by atoms with Gasteiger partial charge in [-0.3, -0.25) is 14.9 Å². The zero-order valence-electron chi connectivity index (χ0n) is 12.5. The maximum Gasteiger partial charge on any atom is 0.333 e. The second kappa shape index (κ2) is 8.08. The molecular formula is C14H21N3O4. The topological polar surface area (TPSA) is 93.5 Å². The van der Waals surface area contributed by atoms with Crippen LogP contribution in [0.1, 0.15) is 27.2 Å². The molecule has 1 amide bonds. The number of nitrogens with one attached hydrogen (secondary N) is 2. The quantitative estimate of drug-likeness (QED) is 0.567. The van der Waals surface area contributed by atoms with Crippen molar-refractivity contribution in [1.82, 2.24) is 5.32 Å². The average molecular weight is 295 g/mol. The van der Waals surface area contributed by atoms with Crippen LogP contribution >= 0.6 is 0 Å². The first-order chi connectivity index (χ1) is 9.95. The highest BCUT2D eigenvalue weighted by Gasteiger charge is 2.21. The molecule has 0 spiro atoms. The molecule has 0 unspecified atom stereocenters. The van der Waals surface area contributed by atoms with Crippen molar-refractivity contribution >= 4 is 17.3 Å². The summed E-state index contributed by atoms with van der Waals surface area (Å²) in [5.74, 6) is -0.0182. The van der Waals surface area contributed by atoms with E-state index in [9.17, 15) is 14.9 Å². The van der Waals surface area contributed by atoms with Crippen molar-refractivity contribution in [3.8, 4) is 5.75 Å². The van der Waals surface area contributed by atoms with Gasteiger partial charge in [-0.1, -0.05) is 13.0 Å². The minimum absolute atomic E-state index is 0.0218. The second-order valence-electron chi connectivity index (χ2n) is 4.83. The number of rotatable bonds is 8. The number of benzene rings is 1. The molecule has 2 N–H and O–H groups in total. The summed E-state index contributed by atoms with van der Waals surface area (Å²) >= 11 is 0. The third kappa shape index (κ3) is 5.29. The number of nitrogens with zero attached hydrogens (tertiary/aromatic N) is 1. The van der Waals surface area contributed by atoms with Gasteiger partial charge in [0.05, 0.1) is 18.1 Å². The Balaban J connectivity index is 2.85. The molecule has 1 aromatic carbocycles. The van der Waals surface area contributed by atoms with Crippen molar-refractivity contribution in [2.45, 2.75) is 33.2 Å². The molecular weight excluding hydrogens is 274 g/mol. The first kappa shape index (κ1) is 16.7. The molecule has 0 aromatic heterocycles. The van der Waals surface area contributed by atoms with Crippen LogP contribution in [-0.4, -0.2) is 30.0 Å². The Hall–Kier alpha value is -2.31. The second-order valence-corrected chi connectivity index (χ2v) is 4.83. The van der Waals surface area contributed by atoms with E-state index in [1.54, 1.807) is 18.2 Å². The number of ether oxygens (including phenoxy) is 1. The van der Waals surface area contributed by atoms with Crippen LogP contribution < -0.4 is 15.4 Å². The lowest BCUT2D eigenvalue weighted by molar-refractivity contribution is -0.384. The van der Waals surface area contributed by atoms with Crippen molar-refractivity contribution in [1.29, 1.82) is 0 Å². The van der Waals surface area contributed by atoms with Gasteiger partial charge in [-0.2, -0.15) is 0 Å². The zero-order valence-corrected chi connectivity index (χ0v) is 12.5. The molecule has 0 aliphatic heterocycles. The van der Waals surface area contributed by atoms with Crippen molar-refractivity contribution in [3.05, 3.63) is 28.3 Å². The zero-order chi connectivity index (χ0) is 15.8. The highest BCUT2D eigenvalue weighted by molar-refractivity contribution is 5.82. The Labute approximate surface area is 123 Å². The van der Waals surface area contributed by atoms with Gasteiger partial charge in [-0.25, -0.2) is 0 Å². The van der Waals surface area contributed by atoms with Crippen molar-refractivity contribution < 1.29 is 14.5 Å². The fourth-order valence-corrected chi connectivity index (χ4v) is 1.73. The lowest BCUT2D eigenvalue weighted by atomic mass is 10.2. The van der Waals surface area contributed by atoms with Crippen LogP contribution in [0.4, 0.5) is 11.4 Å². The molecule has 0 radical (unpaired) electrons. The summed E-state index contributed by atoms with van der Waals surface area (Å²) in [6, 6.07) is 4.78. The van der Waals surface area contributed by atoms with Crippen LogP contribution in [0.3, 0.4) is 0 Å². The molecule has 1 aromatic rings. The van der Waals surface area contributed by atoms with Gasteiger partial charge < -0.3 is 15.4 Å². The van der Waals surface area contributed by atoms with Gasteiger partial charge >= 0.3 is 5.69 Å². The minimum Gasteiger partial charge on any atom is -0.487 e. The molecule has 0 atom stereocenters. The van der Waals surface area contributed by atoms with Crippen molar-refractivity contribution in [2.75, 3.05) is 18.5 Å². The predicted molar refractivity (Wildman–Crippen MR) is 80.7 cm³/mol. The first-order valence-electron chi connectivity index (χ1n) is 6.89. The standard InChI is InChI=1S/C14H21N3O4/c1-4-8-21-12-7-5-6-11(14(12)17(19)20)15-9-13(18)16-10(2)3/h5-7,10,15H,4,8-9H2,1-3H3,(H,16,18). The minimum atomic E-state index is -0.506. The SMILES string of the molecule is CCCOc1cccc(NCC(=O)NC(C)C)c1[N+](=O)[O-]. The Morgan fingerprint density at radius 1 is 1.43 bits per heavy atom. The van der Waals surface area contributed by atoms with E-state index in [1.165, 1.54) is 0 Å². The Kier molecular flexibility index (Phi) is 6.45. The third-order valence-corrected chi connectivity index (χ3v) is 2.53. The average Bonchev–Trinajstić information content (AvgIpc) is 2.41. The Morgan fingerprint density at radius 2 is 2.14 bits per heavy atom. The van der Waals surface area contributed by atoms with E-state index in [-0.39, 0.29) is 35.6 Å².